The van der Waals surface area contributed by atoms with Crippen molar-refractivity contribution in [3.8, 4) is 0 Å². The third kappa shape index (κ3) is 3.73. The van der Waals surface area contributed by atoms with E-state index in [4.69, 9.17) is 0 Å². The third-order valence-corrected chi connectivity index (χ3v) is 3.49. The molecule has 0 saturated carbocycles. The molecule has 0 radical (unpaired) electrons. The number of nitrogens with zero attached hydrogens (tertiary/aromatic N) is 3. The van der Waals surface area contributed by atoms with Gasteiger partial charge < -0.3 is 9.64 Å². The average molecular weight is 263 g/mol. The largest absolute Gasteiger partial charge is 0.469 e. The first-order valence-corrected chi connectivity index (χ1v) is 6.68. The molecule has 1 fully saturated rings. The van der Waals surface area contributed by atoms with E-state index in [2.05, 4.69) is 26.7 Å². The number of likely N-dealkylation sites (N-methyl/N-ethyl adjacent to an activating group) is 1. The highest BCUT2D eigenvalue weighted by Gasteiger charge is 2.21. The van der Waals surface area contributed by atoms with Crippen molar-refractivity contribution >= 4 is 5.97 Å². The van der Waals surface area contributed by atoms with Crippen molar-refractivity contribution in [2.45, 2.75) is 32.1 Å². The molecule has 1 atom stereocenters. The van der Waals surface area contributed by atoms with Crippen LogP contribution in [0, 0.1) is 6.92 Å². The van der Waals surface area contributed by atoms with Crippen LogP contribution in [0.5, 0.6) is 0 Å². The summed E-state index contributed by atoms with van der Waals surface area (Å²) in [4.78, 5) is 22.5. The molecule has 0 N–H and O–H groups in total. The van der Waals surface area contributed by atoms with E-state index in [1.165, 1.54) is 13.5 Å². The summed E-state index contributed by atoms with van der Waals surface area (Å²) in [6.45, 7) is 4.11. The van der Waals surface area contributed by atoms with E-state index in [0.29, 0.717) is 11.7 Å². The Bertz CT molecular complexity index is 462. The summed E-state index contributed by atoms with van der Waals surface area (Å²) in [5.74, 6) is 0.712. The Hall–Kier alpha value is -1.49. The van der Waals surface area contributed by atoms with Crippen molar-refractivity contribution in [2.24, 2.45) is 0 Å². The van der Waals surface area contributed by atoms with Gasteiger partial charge in [-0.3, -0.25) is 4.79 Å². The van der Waals surface area contributed by atoms with Gasteiger partial charge in [-0.25, -0.2) is 9.97 Å². The molecule has 1 unspecified atom stereocenters. The van der Waals surface area contributed by atoms with Crippen LogP contribution in [0.1, 0.15) is 36.0 Å². The Morgan fingerprint density at radius 1 is 1.53 bits per heavy atom. The second kappa shape index (κ2) is 6.10. The molecule has 0 spiro atoms. The normalized spacial score (nSPS) is 20.3. The zero-order valence-electron chi connectivity index (χ0n) is 11.8. The lowest BCUT2D eigenvalue weighted by molar-refractivity contribution is -0.139. The number of carbonyl (C=O) groups excluding carboxylic acids is 1. The molecule has 0 aromatic carbocycles. The van der Waals surface area contributed by atoms with E-state index >= 15 is 0 Å². The van der Waals surface area contributed by atoms with Crippen molar-refractivity contribution in [2.75, 3.05) is 27.2 Å². The number of methoxy groups -OCH3 is 1. The van der Waals surface area contributed by atoms with E-state index in [1.807, 2.05) is 13.0 Å². The van der Waals surface area contributed by atoms with Crippen LogP contribution in [0.2, 0.25) is 0 Å². The number of ether oxygens (including phenoxy) is 1. The molecule has 0 amide bonds. The molecule has 2 heterocycles. The number of hydrogen-bond donors (Lipinski definition) is 0. The number of likely N-dealkylation sites (tertiary alicyclic amines) is 1. The van der Waals surface area contributed by atoms with Crippen molar-refractivity contribution < 1.29 is 9.53 Å². The standard InChI is InChI=1S/C14H21N3O2/c1-10-7-12(11-5-4-6-17(2)9-11)16-13(15-10)8-14(18)19-3/h7,11H,4-6,8-9H2,1-3H3. The first kappa shape index (κ1) is 13.9. The fraction of sp³-hybridized carbons (Fsp3) is 0.643. The Balaban J connectivity index is 2.18. The SMILES string of the molecule is COC(=O)Cc1nc(C)cc(C2CCCN(C)C2)n1. The maximum atomic E-state index is 11.3. The highest BCUT2D eigenvalue weighted by molar-refractivity contribution is 5.71. The van der Waals surface area contributed by atoms with Crippen molar-refractivity contribution in [3.05, 3.63) is 23.3 Å². The van der Waals surface area contributed by atoms with Crippen LogP contribution < -0.4 is 0 Å². The molecule has 1 aliphatic rings. The molecule has 1 aromatic heterocycles. The third-order valence-electron chi connectivity index (χ3n) is 3.49. The molecule has 19 heavy (non-hydrogen) atoms. The van der Waals surface area contributed by atoms with Crippen LogP contribution in [-0.2, 0) is 16.0 Å². The lowest BCUT2D eigenvalue weighted by atomic mass is 9.94. The highest BCUT2D eigenvalue weighted by atomic mass is 16.5. The number of carbonyl (C=O) groups is 1. The van der Waals surface area contributed by atoms with Crippen LogP contribution >= 0.6 is 0 Å². The van der Waals surface area contributed by atoms with Gasteiger partial charge >= 0.3 is 5.97 Å². The summed E-state index contributed by atoms with van der Waals surface area (Å²) in [5, 5.41) is 0. The topological polar surface area (TPSA) is 55.3 Å². The number of piperidine rings is 1. The zero-order valence-corrected chi connectivity index (χ0v) is 11.8. The van der Waals surface area contributed by atoms with Gasteiger partial charge in [-0.1, -0.05) is 0 Å². The Kier molecular flexibility index (Phi) is 4.47. The molecule has 2 rings (SSSR count). The van der Waals surface area contributed by atoms with Gasteiger partial charge in [0.2, 0.25) is 0 Å². The van der Waals surface area contributed by atoms with Crippen molar-refractivity contribution in [1.82, 2.24) is 14.9 Å². The van der Waals surface area contributed by atoms with Gasteiger partial charge in [0.15, 0.2) is 0 Å². The van der Waals surface area contributed by atoms with E-state index in [0.717, 1.165) is 30.9 Å². The monoisotopic (exact) mass is 263 g/mol. The number of rotatable bonds is 3. The Morgan fingerprint density at radius 2 is 2.32 bits per heavy atom. The lowest BCUT2D eigenvalue weighted by Gasteiger charge is -2.29. The maximum Gasteiger partial charge on any atom is 0.313 e. The van der Waals surface area contributed by atoms with Crippen LogP contribution in [-0.4, -0.2) is 48.1 Å². The fourth-order valence-corrected chi connectivity index (χ4v) is 2.55. The van der Waals surface area contributed by atoms with Gasteiger partial charge in [0, 0.05) is 23.9 Å². The Labute approximate surface area is 114 Å². The smallest absolute Gasteiger partial charge is 0.313 e. The summed E-state index contributed by atoms with van der Waals surface area (Å²) < 4.78 is 4.67. The number of aryl methyl sites for hydroxylation is 1. The zero-order chi connectivity index (χ0) is 13.8. The highest BCUT2D eigenvalue weighted by Crippen LogP contribution is 2.25. The number of esters is 1. The first-order chi connectivity index (χ1) is 9.08. The maximum absolute atomic E-state index is 11.3. The first-order valence-electron chi connectivity index (χ1n) is 6.68. The molecular weight excluding hydrogens is 242 g/mol. The summed E-state index contributed by atoms with van der Waals surface area (Å²) in [6.07, 6.45) is 2.49. The van der Waals surface area contributed by atoms with Crippen molar-refractivity contribution in [1.29, 1.82) is 0 Å². The van der Waals surface area contributed by atoms with E-state index < -0.39 is 0 Å². The van der Waals surface area contributed by atoms with Gasteiger partial charge in [-0.2, -0.15) is 0 Å². The van der Waals surface area contributed by atoms with Crippen LogP contribution in [0.3, 0.4) is 0 Å². The summed E-state index contributed by atoms with van der Waals surface area (Å²) in [5.41, 5.74) is 1.97. The summed E-state index contributed by atoms with van der Waals surface area (Å²) in [6, 6.07) is 2.03. The fourth-order valence-electron chi connectivity index (χ4n) is 2.55. The molecule has 1 aliphatic heterocycles. The molecule has 104 valence electrons. The van der Waals surface area contributed by atoms with Gasteiger partial charge in [0.05, 0.1) is 7.11 Å². The van der Waals surface area contributed by atoms with Gasteiger partial charge in [0.1, 0.15) is 12.2 Å². The summed E-state index contributed by atoms with van der Waals surface area (Å²) >= 11 is 0. The minimum absolute atomic E-state index is 0.147. The van der Waals surface area contributed by atoms with Crippen molar-refractivity contribution in [3.63, 3.8) is 0 Å². The van der Waals surface area contributed by atoms with Gasteiger partial charge in [-0.05, 0) is 39.4 Å². The minimum Gasteiger partial charge on any atom is -0.469 e. The van der Waals surface area contributed by atoms with E-state index in [1.54, 1.807) is 0 Å². The van der Waals surface area contributed by atoms with E-state index in [9.17, 15) is 4.79 Å². The molecular formula is C14H21N3O2. The second-order valence-electron chi connectivity index (χ2n) is 5.20. The van der Waals surface area contributed by atoms with Gasteiger partial charge in [-0.15, -0.1) is 0 Å². The molecule has 5 heteroatoms. The van der Waals surface area contributed by atoms with Crippen LogP contribution in [0.4, 0.5) is 0 Å². The minimum atomic E-state index is -0.294. The predicted molar refractivity (Wildman–Crippen MR) is 72.0 cm³/mol. The summed E-state index contributed by atoms with van der Waals surface area (Å²) in [7, 11) is 3.52. The number of aromatic nitrogens is 2. The quantitative estimate of drug-likeness (QED) is 0.770. The van der Waals surface area contributed by atoms with E-state index in [-0.39, 0.29) is 12.4 Å². The molecule has 5 nitrogen and oxygen atoms in total. The molecule has 0 aliphatic carbocycles. The molecule has 1 aromatic rings. The molecule has 0 bridgehead atoms. The van der Waals surface area contributed by atoms with Gasteiger partial charge in [0.25, 0.3) is 0 Å². The average Bonchev–Trinajstić information content (AvgIpc) is 2.38. The predicted octanol–water partition coefficient (Wildman–Crippen LogP) is 1.31. The lowest BCUT2D eigenvalue weighted by Crippen LogP contribution is -2.31. The second-order valence-corrected chi connectivity index (χ2v) is 5.20. The molecule has 1 saturated heterocycles. The Morgan fingerprint density at radius 3 is 3.00 bits per heavy atom. The van der Waals surface area contributed by atoms with Crippen LogP contribution in [0.15, 0.2) is 6.07 Å². The van der Waals surface area contributed by atoms with Crippen LogP contribution in [0.25, 0.3) is 0 Å². The number of hydrogen-bond acceptors (Lipinski definition) is 5.